The molecule has 144 valence electrons. The van der Waals surface area contributed by atoms with Crippen LogP contribution >= 0.6 is 22.9 Å². The molecule has 0 aliphatic carbocycles. The first-order valence-corrected chi connectivity index (χ1v) is 9.35. The third-order valence-electron chi connectivity index (χ3n) is 3.50. The lowest BCUT2D eigenvalue weighted by Crippen LogP contribution is -2.21. The molecule has 1 aromatic heterocycles. The van der Waals surface area contributed by atoms with Gasteiger partial charge in [-0.15, -0.1) is 0 Å². The summed E-state index contributed by atoms with van der Waals surface area (Å²) in [6, 6.07) is 14.1. The average molecular weight is 418 g/mol. The van der Waals surface area contributed by atoms with Crippen LogP contribution in [0.25, 0.3) is 0 Å². The summed E-state index contributed by atoms with van der Waals surface area (Å²) in [5.74, 6) is 0.505. The van der Waals surface area contributed by atoms with Crippen LogP contribution in [0.15, 0.2) is 54.7 Å². The van der Waals surface area contributed by atoms with E-state index in [9.17, 15) is 9.59 Å². The second-order valence-corrected chi connectivity index (χ2v) is 7.15. The molecule has 2 N–H and O–H groups in total. The Bertz CT molecular complexity index is 993. The Kier molecular flexibility index (Phi) is 6.46. The monoisotopic (exact) mass is 417 g/mol. The number of hydrogen-bond donors (Lipinski definition) is 2. The first-order chi connectivity index (χ1) is 13.5. The van der Waals surface area contributed by atoms with Gasteiger partial charge in [-0.1, -0.05) is 47.2 Å². The number of benzene rings is 2. The zero-order chi connectivity index (χ0) is 19.9. The van der Waals surface area contributed by atoms with E-state index < -0.39 is 11.8 Å². The third-order valence-corrected chi connectivity index (χ3v) is 4.53. The largest absolute Gasteiger partial charge is 0.493 e. The molecule has 3 aromatic rings. The Balaban J connectivity index is 1.65. The number of nitrogens with zero attached hydrogens (tertiary/aromatic N) is 1. The summed E-state index contributed by atoms with van der Waals surface area (Å²) in [5.41, 5.74) is 0.434. The minimum absolute atomic E-state index is 0.336. The molecule has 0 aliphatic rings. The van der Waals surface area contributed by atoms with Gasteiger partial charge in [0.15, 0.2) is 22.4 Å². The van der Waals surface area contributed by atoms with Crippen LogP contribution in [0.1, 0.15) is 6.42 Å². The molecule has 0 saturated heterocycles. The zero-order valence-electron chi connectivity index (χ0n) is 14.8. The number of amides is 2. The normalized spacial score (nSPS) is 10.2. The number of nitrogens with one attached hydrogen (secondary N) is 2. The summed E-state index contributed by atoms with van der Waals surface area (Å²) in [4.78, 5) is 28.2. The third kappa shape index (κ3) is 5.21. The van der Waals surface area contributed by atoms with Crippen molar-refractivity contribution >= 4 is 45.6 Å². The minimum Gasteiger partial charge on any atom is -0.493 e. The van der Waals surface area contributed by atoms with Crippen LogP contribution in [-0.4, -0.2) is 23.9 Å². The Morgan fingerprint density at radius 1 is 1.00 bits per heavy atom. The molecule has 2 amide bonds. The zero-order valence-corrected chi connectivity index (χ0v) is 16.3. The van der Waals surface area contributed by atoms with Gasteiger partial charge in [0, 0.05) is 0 Å². The molecule has 28 heavy (non-hydrogen) atoms. The van der Waals surface area contributed by atoms with Gasteiger partial charge < -0.3 is 20.1 Å². The lowest BCUT2D eigenvalue weighted by molar-refractivity contribution is -0.123. The van der Waals surface area contributed by atoms with Gasteiger partial charge in [-0.3, -0.25) is 9.59 Å². The fourth-order valence-electron chi connectivity index (χ4n) is 2.30. The maximum atomic E-state index is 12.3. The van der Waals surface area contributed by atoms with E-state index in [-0.39, 0.29) is 6.42 Å². The first-order valence-electron chi connectivity index (χ1n) is 8.16. The van der Waals surface area contributed by atoms with Crippen LogP contribution in [0, 0.1) is 0 Å². The number of carbonyl (C=O) groups is 2. The Hall–Kier alpha value is -3.10. The van der Waals surface area contributed by atoms with Crippen LogP contribution in [-0.2, 0) is 9.59 Å². The van der Waals surface area contributed by atoms with Crippen LogP contribution in [0.5, 0.6) is 17.2 Å². The highest BCUT2D eigenvalue weighted by molar-refractivity contribution is 7.19. The summed E-state index contributed by atoms with van der Waals surface area (Å²) in [7, 11) is 1.55. The number of carbonyl (C=O) groups excluding carboxylic acids is 2. The van der Waals surface area contributed by atoms with Crippen molar-refractivity contribution in [2.75, 3.05) is 17.7 Å². The second-order valence-electron chi connectivity index (χ2n) is 5.49. The second kappa shape index (κ2) is 9.20. The van der Waals surface area contributed by atoms with Gasteiger partial charge in [-0.25, -0.2) is 4.98 Å². The lowest BCUT2D eigenvalue weighted by Gasteiger charge is -2.14. The quantitative estimate of drug-likeness (QED) is 0.550. The molecular weight excluding hydrogens is 402 g/mol. The van der Waals surface area contributed by atoms with Crippen molar-refractivity contribution in [3.8, 4) is 17.2 Å². The van der Waals surface area contributed by atoms with E-state index in [1.807, 2.05) is 12.1 Å². The van der Waals surface area contributed by atoms with E-state index >= 15 is 0 Å². The maximum Gasteiger partial charge on any atom is 0.235 e. The van der Waals surface area contributed by atoms with Gasteiger partial charge in [-0.2, -0.15) is 0 Å². The number of halogens is 1. The number of thiazole rings is 1. The van der Waals surface area contributed by atoms with Crippen molar-refractivity contribution < 1.29 is 19.1 Å². The molecule has 0 bridgehead atoms. The van der Waals surface area contributed by atoms with Crippen molar-refractivity contribution in [1.29, 1.82) is 0 Å². The first kappa shape index (κ1) is 19.7. The molecule has 3 rings (SSSR count). The van der Waals surface area contributed by atoms with Crippen molar-refractivity contribution in [1.82, 2.24) is 4.98 Å². The van der Waals surface area contributed by atoms with Crippen molar-refractivity contribution in [3.05, 3.63) is 59.1 Å². The summed E-state index contributed by atoms with van der Waals surface area (Å²) in [5, 5.41) is 5.54. The van der Waals surface area contributed by atoms with Crippen molar-refractivity contribution in [2.45, 2.75) is 6.42 Å². The van der Waals surface area contributed by atoms with E-state index in [4.69, 9.17) is 21.1 Å². The standard InChI is InChI=1S/C19H16ClN3O4S/c1-26-14-8-4-5-9-15(14)27-13-7-3-2-6-12(13)22-17(24)10-18(25)23-19-21-11-16(20)28-19/h2-9,11H,10H2,1H3,(H,22,24)(H,21,23,25). The minimum atomic E-state index is -0.494. The molecule has 0 unspecified atom stereocenters. The summed E-state index contributed by atoms with van der Waals surface area (Å²) in [6.45, 7) is 0. The van der Waals surface area contributed by atoms with Gasteiger partial charge >= 0.3 is 0 Å². The molecule has 0 radical (unpaired) electrons. The van der Waals surface area contributed by atoms with E-state index in [1.54, 1.807) is 43.5 Å². The molecule has 0 aliphatic heterocycles. The van der Waals surface area contributed by atoms with Gasteiger partial charge in [-0.05, 0) is 24.3 Å². The highest BCUT2D eigenvalue weighted by atomic mass is 35.5. The average Bonchev–Trinajstić information content (AvgIpc) is 3.08. The van der Waals surface area contributed by atoms with Gasteiger partial charge in [0.25, 0.3) is 0 Å². The van der Waals surface area contributed by atoms with Crippen LogP contribution in [0.4, 0.5) is 10.8 Å². The van der Waals surface area contributed by atoms with E-state index in [0.29, 0.717) is 32.4 Å². The molecule has 7 nitrogen and oxygen atoms in total. The molecular formula is C19H16ClN3O4S. The molecule has 0 saturated carbocycles. The predicted octanol–water partition coefficient (Wildman–Crippen LogP) is 4.56. The number of hydrogen-bond acceptors (Lipinski definition) is 6. The highest BCUT2D eigenvalue weighted by Crippen LogP contribution is 2.34. The van der Waals surface area contributed by atoms with Crippen LogP contribution in [0.2, 0.25) is 4.34 Å². The summed E-state index contributed by atoms with van der Waals surface area (Å²) < 4.78 is 11.6. The Labute approximate surface area is 170 Å². The van der Waals surface area contributed by atoms with Crippen LogP contribution < -0.4 is 20.1 Å². The molecule has 0 fully saturated rings. The maximum absolute atomic E-state index is 12.3. The van der Waals surface area contributed by atoms with Gasteiger partial charge in [0.1, 0.15) is 10.8 Å². The Morgan fingerprint density at radius 2 is 1.64 bits per heavy atom. The fraction of sp³-hybridized carbons (Fsp3) is 0.105. The topological polar surface area (TPSA) is 89.5 Å². The summed E-state index contributed by atoms with van der Waals surface area (Å²) in [6.07, 6.45) is 1.05. The summed E-state index contributed by atoms with van der Waals surface area (Å²) >= 11 is 6.88. The van der Waals surface area contributed by atoms with E-state index in [1.165, 1.54) is 6.20 Å². The number of rotatable bonds is 7. The number of aromatic nitrogens is 1. The smallest absolute Gasteiger partial charge is 0.235 e. The number of anilines is 2. The number of ether oxygens (including phenoxy) is 2. The molecule has 2 aromatic carbocycles. The predicted molar refractivity (Wildman–Crippen MR) is 109 cm³/mol. The Morgan fingerprint density at radius 3 is 2.32 bits per heavy atom. The molecule has 9 heteroatoms. The molecule has 0 spiro atoms. The molecule has 0 atom stereocenters. The van der Waals surface area contributed by atoms with E-state index in [2.05, 4.69) is 15.6 Å². The fourth-order valence-corrected chi connectivity index (χ4v) is 3.12. The van der Waals surface area contributed by atoms with Crippen molar-refractivity contribution in [2.24, 2.45) is 0 Å². The molecule has 1 heterocycles. The van der Waals surface area contributed by atoms with Crippen LogP contribution in [0.3, 0.4) is 0 Å². The van der Waals surface area contributed by atoms with Gasteiger partial charge in [0.2, 0.25) is 11.8 Å². The van der Waals surface area contributed by atoms with Gasteiger partial charge in [0.05, 0.1) is 19.0 Å². The lowest BCUT2D eigenvalue weighted by atomic mass is 10.2. The number of para-hydroxylation sites is 4. The number of methoxy groups -OCH3 is 1. The van der Waals surface area contributed by atoms with Crippen molar-refractivity contribution in [3.63, 3.8) is 0 Å². The highest BCUT2D eigenvalue weighted by Gasteiger charge is 2.14. The van der Waals surface area contributed by atoms with E-state index in [0.717, 1.165) is 11.3 Å². The SMILES string of the molecule is COc1ccccc1Oc1ccccc1NC(=O)CC(=O)Nc1ncc(Cl)s1.